The molecule has 4 heterocycles. The molecule has 1 aliphatic heterocycles. The summed E-state index contributed by atoms with van der Waals surface area (Å²) in [6.45, 7) is 7.01. The van der Waals surface area contributed by atoms with Crippen LogP contribution >= 0.6 is 0 Å². The van der Waals surface area contributed by atoms with E-state index in [2.05, 4.69) is 49.3 Å². The number of nitrogens with one attached hydrogen (secondary N) is 1. The Morgan fingerprint density at radius 3 is 2.55 bits per heavy atom. The number of benzene rings is 1. The van der Waals surface area contributed by atoms with Gasteiger partial charge in [0.15, 0.2) is 5.65 Å². The number of hydrogen-bond acceptors (Lipinski definition) is 9. The molecule has 5 rings (SSSR count). The monoisotopic (exact) mass is 530 g/mol. The van der Waals surface area contributed by atoms with Gasteiger partial charge in [0.1, 0.15) is 11.4 Å². The van der Waals surface area contributed by atoms with Gasteiger partial charge in [0.05, 0.1) is 12.4 Å². The third-order valence-corrected chi connectivity index (χ3v) is 5.95. The van der Waals surface area contributed by atoms with Crippen LogP contribution in [-0.4, -0.2) is 77.8 Å². The highest BCUT2D eigenvalue weighted by molar-refractivity contribution is 5.80. The van der Waals surface area contributed by atoms with Crippen molar-refractivity contribution in [1.82, 2.24) is 35.1 Å². The summed E-state index contributed by atoms with van der Waals surface area (Å²) in [6, 6.07) is 7.66. The van der Waals surface area contributed by atoms with Crippen LogP contribution < -0.4 is 10.2 Å². The second kappa shape index (κ2) is 11.0. The van der Waals surface area contributed by atoms with E-state index in [1.807, 2.05) is 24.4 Å². The van der Waals surface area contributed by atoms with Crippen LogP contribution in [0.3, 0.4) is 0 Å². The van der Waals surface area contributed by atoms with Gasteiger partial charge in [-0.3, -0.25) is 0 Å². The molecule has 4 aromatic rings. The van der Waals surface area contributed by atoms with E-state index in [9.17, 15) is 18.3 Å². The predicted octanol–water partition coefficient (Wildman–Crippen LogP) is 3.02. The first-order valence-electron chi connectivity index (χ1n) is 11.6. The van der Waals surface area contributed by atoms with Crippen molar-refractivity contribution in [3.05, 3.63) is 49.1 Å². The molecule has 0 bridgehead atoms. The number of aliphatic carboxylic acids is 1. The molecule has 1 atom stereocenters. The first kappa shape index (κ1) is 26.7. The van der Waals surface area contributed by atoms with Gasteiger partial charge in [0.25, 0.3) is 0 Å². The molecule has 1 saturated heterocycles. The predicted molar refractivity (Wildman–Crippen MR) is 131 cm³/mol. The number of rotatable bonds is 4. The Morgan fingerprint density at radius 1 is 1.16 bits per heavy atom. The number of halogens is 3. The highest BCUT2D eigenvalue weighted by atomic mass is 19.4. The molecule has 1 aliphatic rings. The fourth-order valence-corrected chi connectivity index (χ4v) is 3.89. The molecule has 3 N–H and O–H groups in total. The Bertz CT molecular complexity index is 1410. The molecule has 0 saturated carbocycles. The van der Waals surface area contributed by atoms with Gasteiger partial charge in [0, 0.05) is 49.2 Å². The van der Waals surface area contributed by atoms with Gasteiger partial charge >= 0.3 is 12.1 Å². The highest BCUT2D eigenvalue weighted by Crippen LogP contribution is 2.33. The number of piperazine rings is 1. The summed E-state index contributed by atoms with van der Waals surface area (Å²) in [7, 11) is 0. The number of nitrogens with zero attached hydrogens (tertiary/aromatic N) is 7. The molecule has 0 radical (unpaired) electrons. The molecule has 0 spiro atoms. The van der Waals surface area contributed by atoms with E-state index in [1.165, 1.54) is 0 Å². The molecule has 0 aliphatic carbocycles. The van der Waals surface area contributed by atoms with Crippen molar-refractivity contribution in [2.24, 2.45) is 5.92 Å². The van der Waals surface area contributed by atoms with Crippen molar-refractivity contribution in [2.45, 2.75) is 26.1 Å². The lowest BCUT2D eigenvalue weighted by Gasteiger charge is -2.35. The summed E-state index contributed by atoms with van der Waals surface area (Å²) in [5.41, 5.74) is 3.52. The SMILES string of the molecule is CC(C)[C@H]1CN(c2ncc(-c3ccc(-c4cnn5cccnc45)cc3O)nn2)CCN1.O=C(O)C(F)(F)F. The van der Waals surface area contributed by atoms with Crippen molar-refractivity contribution in [3.8, 4) is 28.1 Å². The maximum absolute atomic E-state index is 10.7. The first-order chi connectivity index (χ1) is 18.0. The number of carboxylic acids is 1. The van der Waals surface area contributed by atoms with Gasteiger partial charge in [0.2, 0.25) is 5.95 Å². The van der Waals surface area contributed by atoms with E-state index in [0.717, 1.165) is 36.4 Å². The third-order valence-electron chi connectivity index (χ3n) is 5.95. The number of anilines is 1. The lowest BCUT2D eigenvalue weighted by Crippen LogP contribution is -2.53. The van der Waals surface area contributed by atoms with Crippen molar-refractivity contribution in [3.63, 3.8) is 0 Å². The van der Waals surface area contributed by atoms with E-state index >= 15 is 0 Å². The van der Waals surface area contributed by atoms with Crippen LogP contribution in [0.2, 0.25) is 0 Å². The number of phenols is 1. The number of hydrogen-bond donors (Lipinski definition) is 3. The number of carboxylic acid groups (broad SMARTS) is 1. The largest absolute Gasteiger partial charge is 0.507 e. The van der Waals surface area contributed by atoms with Crippen LogP contribution in [-0.2, 0) is 4.79 Å². The first-order valence-corrected chi connectivity index (χ1v) is 11.6. The Kier molecular flexibility index (Phi) is 7.71. The molecule has 14 heteroatoms. The number of aromatic nitrogens is 6. The van der Waals surface area contributed by atoms with E-state index < -0.39 is 12.1 Å². The lowest BCUT2D eigenvalue weighted by molar-refractivity contribution is -0.192. The van der Waals surface area contributed by atoms with Gasteiger partial charge in [-0.15, -0.1) is 10.2 Å². The van der Waals surface area contributed by atoms with Crippen molar-refractivity contribution in [2.75, 3.05) is 24.5 Å². The van der Waals surface area contributed by atoms with Gasteiger partial charge in [-0.25, -0.2) is 19.3 Å². The van der Waals surface area contributed by atoms with Gasteiger partial charge in [-0.05, 0) is 29.7 Å². The molecule has 38 heavy (non-hydrogen) atoms. The summed E-state index contributed by atoms with van der Waals surface area (Å²) in [6.07, 6.45) is 1.88. The zero-order chi connectivity index (χ0) is 27.4. The highest BCUT2D eigenvalue weighted by Gasteiger charge is 2.38. The van der Waals surface area contributed by atoms with Crippen LogP contribution in [0, 0.1) is 5.92 Å². The number of carbonyl (C=O) groups is 1. The van der Waals surface area contributed by atoms with Crippen LogP contribution in [0.1, 0.15) is 13.8 Å². The summed E-state index contributed by atoms with van der Waals surface area (Å²) >= 11 is 0. The maximum Gasteiger partial charge on any atom is 0.490 e. The normalized spacial score (nSPS) is 15.8. The fourth-order valence-electron chi connectivity index (χ4n) is 3.89. The second-order valence-corrected chi connectivity index (χ2v) is 8.88. The van der Waals surface area contributed by atoms with E-state index in [0.29, 0.717) is 29.2 Å². The van der Waals surface area contributed by atoms with Gasteiger partial charge in [-0.2, -0.15) is 18.3 Å². The number of alkyl halides is 3. The molecular formula is C24H25F3N8O3. The standard InChI is InChI=1S/C22H24N8O.C2HF3O2/c1-14(2)19-13-29(9-7-23-19)22-25-12-18(27-28-22)16-5-4-15(10-20(16)31)17-11-26-30-8-3-6-24-21(17)30;3-2(4,5)1(6)7/h3-6,8,10-12,14,19,23,31H,7,9,13H2,1-2H3;(H,6,7)/t19-;/m1./s1. The van der Waals surface area contributed by atoms with Crippen molar-refractivity contribution in [1.29, 1.82) is 0 Å². The van der Waals surface area contributed by atoms with Crippen molar-refractivity contribution >= 4 is 17.6 Å². The topological polar surface area (TPSA) is 142 Å². The molecule has 200 valence electrons. The number of aromatic hydroxyl groups is 1. The van der Waals surface area contributed by atoms with Crippen LogP contribution in [0.5, 0.6) is 5.75 Å². The Morgan fingerprint density at radius 2 is 1.92 bits per heavy atom. The zero-order valence-corrected chi connectivity index (χ0v) is 20.5. The van der Waals surface area contributed by atoms with Crippen LogP contribution in [0.25, 0.3) is 28.0 Å². The minimum atomic E-state index is -5.08. The number of fused-ring (bicyclic) bond motifs is 1. The molecule has 0 amide bonds. The molecule has 11 nitrogen and oxygen atoms in total. The molecule has 1 aromatic carbocycles. The van der Waals surface area contributed by atoms with Crippen LogP contribution in [0.4, 0.5) is 19.1 Å². The van der Waals surface area contributed by atoms with Gasteiger partial charge < -0.3 is 20.4 Å². The smallest absolute Gasteiger partial charge is 0.490 e. The van der Waals surface area contributed by atoms with E-state index in [-0.39, 0.29) is 5.75 Å². The minimum Gasteiger partial charge on any atom is -0.507 e. The average molecular weight is 531 g/mol. The summed E-state index contributed by atoms with van der Waals surface area (Å²) in [5, 5.41) is 34.3. The fraction of sp³-hybridized carbons (Fsp3) is 0.333. The summed E-state index contributed by atoms with van der Waals surface area (Å²) < 4.78 is 33.4. The van der Waals surface area contributed by atoms with E-state index in [4.69, 9.17) is 9.90 Å². The number of phenolic OH excluding ortho intramolecular Hbond substituents is 1. The lowest BCUT2D eigenvalue weighted by atomic mass is 10.0. The van der Waals surface area contributed by atoms with E-state index in [1.54, 1.807) is 29.2 Å². The minimum absolute atomic E-state index is 0.110. The molecule has 3 aromatic heterocycles. The Hall–Kier alpha value is -4.33. The average Bonchev–Trinajstić information content (AvgIpc) is 3.33. The molecular weight excluding hydrogens is 505 g/mol. The molecule has 1 fully saturated rings. The van der Waals surface area contributed by atoms with Gasteiger partial charge in [-0.1, -0.05) is 19.9 Å². The molecule has 0 unspecified atom stereocenters. The summed E-state index contributed by atoms with van der Waals surface area (Å²) in [5.74, 6) is -1.50. The van der Waals surface area contributed by atoms with Crippen molar-refractivity contribution < 1.29 is 28.2 Å². The van der Waals surface area contributed by atoms with Crippen LogP contribution in [0.15, 0.2) is 49.1 Å². The second-order valence-electron chi connectivity index (χ2n) is 8.88. The zero-order valence-electron chi connectivity index (χ0n) is 20.5. The summed E-state index contributed by atoms with van der Waals surface area (Å²) in [4.78, 5) is 19.9. The Labute approximate surface area is 215 Å². The quantitative estimate of drug-likeness (QED) is 0.360. The third kappa shape index (κ3) is 5.96. The Balaban J connectivity index is 0.000000426. The maximum atomic E-state index is 10.7.